The summed E-state index contributed by atoms with van der Waals surface area (Å²) in [5.41, 5.74) is 1.58. The number of hydrogen-bond donors (Lipinski definition) is 5. The van der Waals surface area contributed by atoms with Gasteiger partial charge in [-0.1, -0.05) is 37.3 Å². The zero-order valence-electron chi connectivity index (χ0n) is 26.3. The second-order valence-electron chi connectivity index (χ2n) is 11.6. The Bertz CT molecular complexity index is 1360. The lowest BCUT2D eigenvalue weighted by molar-refractivity contribution is -0.00891. The van der Waals surface area contributed by atoms with E-state index in [-0.39, 0.29) is 32.1 Å². The van der Waals surface area contributed by atoms with Gasteiger partial charge in [0.15, 0.2) is 0 Å². The van der Waals surface area contributed by atoms with Crippen molar-refractivity contribution >= 4 is 29.4 Å². The van der Waals surface area contributed by atoms with E-state index < -0.39 is 29.9 Å². The number of carbonyl (C=O) groups is 3. The Morgan fingerprint density at radius 2 is 1.49 bits per heavy atom. The highest BCUT2D eigenvalue weighted by atomic mass is 16.6. The summed E-state index contributed by atoms with van der Waals surface area (Å²) in [4.78, 5) is 39.1. The molecule has 1 unspecified atom stereocenters. The quantitative estimate of drug-likeness (QED) is 0.169. The Kier molecular flexibility index (Phi) is 13.2. The number of aliphatic hydroxyl groups is 2. The number of nitrogens with one attached hydrogen (secondary N) is 3. The lowest BCUT2D eigenvalue weighted by Gasteiger charge is -2.34. The van der Waals surface area contributed by atoms with E-state index in [1.807, 2.05) is 25.1 Å². The molecule has 242 valence electrons. The van der Waals surface area contributed by atoms with E-state index in [0.29, 0.717) is 29.2 Å². The predicted molar refractivity (Wildman–Crippen MR) is 174 cm³/mol. The van der Waals surface area contributed by atoms with Gasteiger partial charge in [0.05, 0.1) is 19.2 Å². The van der Waals surface area contributed by atoms with Crippen LogP contribution in [0, 0.1) is 0 Å². The molecular weight excluding hydrogens is 576 g/mol. The van der Waals surface area contributed by atoms with Gasteiger partial charge in [0.1, 0.15) is 24.1 Å². The van der Waals surface area contributed by atoms with E-state index in [1.165, 1.54) is 4.90 Å². The molecule has 5 N–H and O–H groups in total. The monoisotopic (exact) mass is 620 g/mol. The standard InChI is InChI=1S/C34H44N4O7/c1-5-19-35-31(41)25-13-17-27(18-14-25)37-32(42)36-26-15-11-24(12-16-26)20-28(22-39)38(33(43)45-34(2,3)4)21-29(40)23-44-30-9-7-6-8-10-30/h6-18,28-29,39-40H,5,19-23H2,1-4H3,(H,35,41)(H2,36,37,42)/t28-,29?/m0/s1. The number of ether oxygens (including phenoxy) is 2. The number of hydrogen-bond acceptors (Lipinski definition) is 7. The maximum Gasteiger partial charge on any atom is 0.410 e. The number of rotatable bonds is 14. The molecule has 11 nitrogen and oxygen atoms in total. The number of carbonyl (C=O) groups excluding carboxylic acids is 3. The van der Waals surface area contributed by atoms with Crippen LogP contribution in [0.3, 0.4) is 0 Å². The van der Waals surface area contributed by atoms with E-state index in [0.717, 1.165) is 12.0 Å². The second kappa shape index (κ2) is 17.0. The van der Waals surface area contributed by atoms with Crippen LogP contribution >= 0.6 is 0 Å². The summed E-state index contributed by atoms with van der Waals surface area (Å²) in [7, 11) is 0. The summed E-state index contributed by atoms with van der Waals surface area (Å²) in [6.45, 7) is 7.27. The van der Waals surface area contributed by atoms with Crippen molar-refractivity contribution in [2.45, 2.75) is 58.3 Å². The van der Waals surface area contributed by atoms with Crippen LogP contribution in [0.15, 0.2) is 78.9 Å². The molecule has 0 aromatic heterocycles. The Morgan fingerprint density at radius 1 is 0.889 bits per heavy atom. The van der Waals surface area contributed by atoms with Crippen molar-refractivity contribution in [3.63, 3.8) is 0 Å². The average Bonchev–Trinajstić information content (AvgIpc) is 3.01. The third-order valence-corrected chi connectivity index (χ3v) is 6.50. The maximum absolute atomic E-state index is 13.1. The van der Waals surface area contributed by atoms with Gasteiger partial charge in [0.25, 0.3) is 5.91 Å². The van der Waals surface area contributed by atoms with Crippen molar-refractivity contribution in [1.29, 1.82) is 0 Å². The minimum Gasteiger partial charge on any atom is -0.491 e. The Balaban J connectivity index is 1.60. The molecule has 0 saturated heterocycles. The van der Waals surface area contributed by atoms with Gasteiger partial charge in [-0.15, -0.1) is 0 Å². The maximum atomic E-state index is 13.1. The highest BCUT2D eigenvalue weighted by Gasteiger charge is 2.30. The fourth-order valence-corrected chi connectivity index (χ4v) is 4.29. The van der Waals surface area contributed by atoms with Crippen LogP contribution in [-0.4, -0.2) is 77.2 Å². The zero-order chi connectivity index (χ0) is 32.8. The molecule has 11 heteroatoms. The fraction of sp³-hybridized carbons (Fsp3) is 0.382. The number of aliphatic hydroxyl groups excluding tert-OH is 2. The minimum absolute atomic E-state index is 0.0532. The smallest absolute Gasteiger partial charge is 0.410 e. The fourth-order valence-electron chi connectivity index (χ4n) is 4.29. The van der Waals surface area contributed by atoms with E-state index >= 15 is 0 Å². The zero-order valence-corrected chi connectivity index (χ0v) is 26.3. The predicted octanol–water partition coefficient (Wildman–Crippen LogP) is 5.05. The molecule has 0 radical (unpaired) electrons. The summed E-state index contributed by atoms with van der Waals surface area (Å²) >= 11 is 0. The molecule has 0 aliphatic rings. The van der Waals surface area contributed by atoms with Crippen LogP contribution in [0.25, 0.3) is 0 Å². The van der Waals surface area contributed by atoms with Crippen molar-refractivity contribution in [3.8, 4) is 5.75 Å². The van der Waals surface area contributed by atoms with Crippen molar-refractivity contribution in [2.75, 3.05) is 36.9 Å². The lowest BCUT2D eigenvalue weighted by atomic mass is 10.0. The molecule has 0 aliphatic heterocycles. The molecule has 3 aromatic rings. The van der Waals surface area contributed by atoms with Crippen LogP contribution in [0.5, 0.6) is 5.75 Å². The third kappa shape index (κ3) is 12.1. The van der Waals surface area contributed by atoms with Gasteiger partial charge in [-0.25, -0.2) is 9.59 Å². The average molecular weight is 621 g/mol. The number of amides is 4. The van der Waals surface area contributed by atoms with Gasteiger partial charge >= 0.3 is 12.1 Å². The van der Waals surface area contributed by atoms with Crippen molar-refractivity contribution in [2.24, 2.45) is 0 Å². The summed E-state index contributed by atoms with van der Waals surface area (Å²) in [6, 6.07) is 21.5. The van der Waals surface area contributed by atoms with Crippen LogP contribution < -0.4 is 20.7 Å². The molecule has 0 spiro atoms. The van der Waals surface area contributed by atoms with Crippen LogP contribution in [0.2, 0.25) is 0 Å². The molecule has 3 rings (SSSR count). The normalized spacial score (nSPS) is 12.4. The first-order chi connectivity index (χ1) is 21.5. The molecule has 0 aliphatic carbocycles. The third-order valence-electron chi connectivity index (χ3n) is 6.50. The molecule has 0 saturated carbocycles. The number of nitrogens with zero attached hydrogens (tertiary/aromatic N) is 1. The Labute approximate surface area is 264 Å². The highest BCUT2D eigenvalue weighted by molar-refractivity contribution is 6.00. The first-order valence-electron chi connectivity index (χ1n) is 15.0. The summed E-state index contributed by atoms with van der Waals surface area (Å²) < 4.78 is 11.2. The number of benzene rings is 3. The number of anilines is 2. The summed E-state index contributed by atoms with van der Waals surface area (Å²) in [6.07, 6.45) is -0.586. The van der Waals surface area contributed by atoms with Crippen molar-refractivity contribution in [1.82, 2.24) is 10.2 Å². The molecule has 2 atom stereocenters. The highest BCUT2D eigenvalue weighted by Crippen LogP contribution is 2.19. The first-order valence-corrected chi connectivity index (χ1v) is 15.0. The number of para-hydroxylation sites is 1. The van der Waals surface area contributed by atoms with E-state index in [1.54, 1.807) is 81.4 Å². The van der Waals surface area contributed by atoms with Gasteiger partial charge < -0.3 is 35.6 Å². The van der Waals surface area contributed by atoms with Gasteiger partial charge in [0, 0.05) is 23.5 Å². The Morgan fingerprint density at radius 3 is 2.04 bits per heavy atom. The molecule has 0 bridgehead atoms. The minimum atomic E-state index is -1.04. The van der Waals surface area contributed by atoms with Crippen molar-refractivity contribution in [3.05, 3.63) is 90.0 Å². The van der Waals surface area contributed by atoms with Gasteiger partial charge in [0.2, 0.25) is 0 Å². The second-order valence-corrected chi connectivity index (χ2v) is 11.6. The lowest BCUT2D eigenvalue weighted by Crippen LogP contribution is -2.50. The van der Waals surface area contributed by atoms with E-state index in [9.17, 15) is 24.6 Å². The molecule has 3 aromatic carbocycles. The topological polar surface area (TPSA) is 149 Å². The first kappa shape index (κ1) is 34.9. The van der Waals surface area contributed by atoms with Gasteiger partial charge in [-0.05, 0) is 87.7 Å². The molecule has 4 amide bonds. The van der Waals surface area contributed by atoms with Crippen molar-refractivity contribution < 1.29 is 34.1 Å². The number of urea groups is 1. The molecule has 0 fully saturated rings. The van der Waals surface area contributed by atoms with Crippen LogP contribution in [-0.2, 0) is 11.2 Å². The Hall–Kier alpha value is -4.61. The summed E-state index contributed by atoms with van der Waals surface area (Å²) in [5, 5.41) is 29.3. The SMILES string of the molecule is CCCNC(=O)c1ccc(NC(=O)Nc2ccc(C[C@@H](CO)N(CC(O)COc3ccccc3)C(=O)OC(C)(C)C)cc2)cc1. The van der Waals surface area contributed by atoms with Crippen LogP contribution in [0.1, 0.15) is 50.0 Å². The molecule has 0 heterocycles. The molecule has 45 heavy (non-hydrogen) atoms. The van der Waals surface area contributed by atoms with Gasteiger partial charge in [-0.3, -0.25) is 9.69 Å². The van der Waals surface area contributed by atoms with E-state index in [2.05, 4.69) is 16.0 Å². The van der Waals surface area contributed by atoms with Gasteiger partial charge in [-0.2, -0.15) is 0 Å². The largest absolute Gasteiger partial charge is 0.491 e. The van der Waals surface area contributed by atoms with Crippen LogP contribution in [0.4, 0.5) is 21.0 Å². The molecular formula is C34H44N4O7. The summed E-state index contributed by atoms with van der Waals surface area (Å²) in [5.74, 6) is 0.421. The van der Waals surface area contributed by atoms with E-state index in [4.69, 9.17) is 9.47 Å².